The van der Waals surface area contributed by atoms with Crippen molar-refractivity contribution in [1.82, 2.24) is 25.4 Å². The molecule has 2 aromatic rings. The van der Waals surface area contributed by atoms with Crippen LogP contribution >= 0.6 is 0 Å². The van der Waals surface area contributed by atoms with Crippen LogP contribution < -0.4 is 15.5 Å². The summed E-state index contributed by atoms with van der Waals surface area (Å²) in [5, 5.41) is 11.4. The summed E-state index contributed by atoms with van der Waals surface area (Å²) in [6, 6.07) is 8.86. The summed E-state index contributed by atoms with van der Waals surface area (Å²) in [6.07, 6.45) is 6.56. The monoisotopic (exact) mass is 379 g/mol. The SMILES string of the molecule is CCNC(=NCc1ccc(N2CC=CC2)cc1)NC1CCCn2nc(C)nc21. The molecule has 148 valence electrons. The van der Waals surface area contributed by atoms with Gasteiger partial charge in [0.25, 0.3) is 0 Å². The molecule has 28 heavy (non-hydrogen) atoms. The topological polar surface area (TPSA) is 70.4 Å². The Labute approximate surface area is 166 Å². The Bertz CT molecular complexity index is 842. The maximum absolute atomic E-state index is 4.80. The molecule has 3 heterocycles. The predicted octanol–water partition coefficient (Wildman–Crippen LogP) is 2.55. The Balaban J connectivity index is 1.42. The number of aromatic nitrogens is 3. The molecule has 2 aliphatic heterocycles. The smallest absolute Gasteiger partial charge is 0.192 e. The van der Waals surface area contributed by atoms with E-state index < -0.39 is 0 Å². The van der Waals surface area contributed by atoms with Crippen molar-refractivity contribution in [2.75, 3.05) is 24.5 Å². The van der Waals surface area contributed by atoms with Crippen molar-refractivity contribution in [2.24, 2.45) is 4.99 Å². The van der Waals surface area contributed by atoms with Crippen molar-refractivity contribution in [1.29, 1.82) is 0 Å². The highest BCUT2D eigenvalue weighted by molar-refractivity contribution is 5.80. The van der Waals surface area contributed by atoms with E-state index in [-0.39, 0.29) is 6.04 Å². The van der Waals surface area contributed by atoms with Gasteiger partial charge in [0.15, 0.2) is 5.96 Å². The number of hydrogen-bond donors (Lipinski definition) is 2. The number of aryl methyl sites for hydroxylation is 2. The summed E-state index contributed by atoms with van der Waals surface area (Å²) in [4.78, 5) is 11.8. The lowest BCUT2D eigenvalue weighted by atomic mass is 10.1. The van der Waals surface area contributed by atoms with Crippen LogP contribution in [-0.4, -0.2) is 40.4 Å². The fourth-order valence-electron chi connectivity index (χ4n) is 3.76. The van der Waals surface area contributed by atoms with E-state index in [2.05, 4.69) is 69.0 Å². The second-order valence-electron chi connectivity index (χ2n) is 7.32. The van der Waals surface area contributed by atoms with Gasteiger partial charge in [-0.1, -0.05) is 24.3 Å². The summed E-state index contributed by atoms with van der Waals surface area (Å²) in [7, 11) is 0. The summed E-state index contributed by atoms with van der Waals surface area (Å²) >= 11 is 0. The lowest BCUT2D eigenvalue weighted by Gasteiger charge is -2.25. The number of guanidine groups is 1. The number of fused-ring (bicyclic) bond motifs is 1. The zero-order valence-electron chi connectivity index (χ0n) is 16.7. The summed E-state index contributed by atoms with van der Waals surface area (Å²) < 4.78 is 2.02. The van der Waals surface area contributed by atoms with E-state index in [1.165, 1.54) is 11.3 Å². The summed E-state index contributed by atoms with van der Waals surface area (Å²) in [6.45, 7) is 8.44. The molecule has 7 nitrogen and oxygen atoms in total. The molecule has 1 atom stereocenters. The number of aliphatic imine (C=N–C) groups is 1. The highest BCUT2D eigenvalue weighted by atomic mass is 15.4. The summed E-state index contributed by atoms with van der Waals surface area (Å²) in [5.74, 6) is 2.67. The minimum Gasteiger partial charge on any atom is -0.364 e. The van der Waals surface area contributed by atoms with Gasteiger partial charge in [-0.3, -0.25) is 0 Å². The first-order chi connectivity index (χ1) is 13.7. The molecule has 0 radical (unpaired) electrons. The molecule has 2 aliphatic rings. The molecule has 1 aromatic heterocycles. The van der Waals surface area contributed by atoms with Crippen LogP contribution in [0.2, 0.25) is 0 Å². The second-order valence-corrected chi connectivity index (χ2v) is 7.32. The first kappa shape index (κ1) is 18.5. The van der Waals surface area contributed by atoms with Gasteiger partial charge in [0.05, 0.1) is 12.6 Å². The summed E-state index contributed by atoms with van der Waals surface area (Å²) in [5.41, 5.74) is 2.47. The fraction of sp³-hybridized carbons (Fsp3) is 0.476. The van der Waals surface area contributed by atoms with E-state index in [1.54, 1.807) is 0 Å². The highest BCUT2D eigenvalue weighted by Gasteiger charge is 2.24. The van der Waals surface area contributed by atoms with E-state index in [4.69, 9.17) is 4.99 Å². The van der Waals surface area contributed by atoms with Crippen LogP contribution in [0.25, 0.3) is 0 Å². The number of rotatable bonds is 5. The van der Waals surface area contributed by atoms with Gasteiger partial charge in [-0.15, -0.1) is 0 Å². The van der Waals surface area contributed by atoms with Crippen molar-refractivity contribution >= 4 is 11.6 Å². The minimum atomic E-state index is 0.151. The molecule has 7 heteroatoms. The molecule has 0 spiro atoms. The lowest BCUT2D eigenvalue weighted by Crippen LogP contribution is -2.41. The van der Waals surface area contributed by atoms with E-state index in [1.807, 2.05) is 11.6 Å². The molecular formula is C21H29N7. The Morgan fingerprint density at radius 1 is 1.21 bits per heavy atom. The van der Waals surface area contributed by atoms with Gasteiger partial charge in [0.1, 0.15) is 11.6 Å². The van der Waals surface area contributed by atoms with Crippen LogP contribution in [0.15, 0.2) is 41.4 Å². The Morgan fingerprint density at radius 2 is 2.00 bits per heavy atom. The van der Waals surface area contributed by atoms with Crippen LogP contribution in [-0.2, 0) is 13.1 Å². The van der Waals surface area contributed by atoms with Crippen LogP contribution in [0.4, 0.5) is 5.69 Å². The van der Waals surface area contributed by atoms with Crippen LogP contribution in [0.5, 0.6) is 0 Å². The molecule has 0 saturated heterocycles. The number of nitrogens with one attached hydrogen (secondary N) is 2. The molecule has 0 bridgehead atoms. The zero-order chi connectivity index (χ0) is 19.3. The average Bonchev–Trinajstić information content (AvgIpc) is 3.36. The molecule has 4 rings (SSSR count). The Hall–Kier alpha value is -2.83. The third-order valence-corrected chi connectivity index (χ3v) is 5.18. The third-order valence-electron chi connectivity index (χ3n) is 5.18. The molecule has 2 N–H and O–H groups in total. The van der Waals surface area contributed by atoms with Crippen LogP contribution in [0.3, 0.4) is 0 Å². The van der Waals surface area contributed by atoms with Gasteiger partial charge in [-0.05, 0) is 44.4 Å². The van der Waals surface area contributed by atoms with Gasteiger partial charge in [0.2, 0.25) is 0 Å². The van der Waals surface area contributed by atoms with Gasteiger partial charge < -0.3 is 15.5 Å². The highest BCUT2D eigenvalue weighted by Crippen LogP contribution is 2.23. The first-order valence-corrected chi connectivity index (χ1v) is 10.2. The van der Waals surface area contributed by atoms with E-state index in [0.717, 1.165) is 56.6 Å². The minimum absolute atomic E-state index is 0.151. The van der Waals surface area contributed by atoms with Gasteiger partial charge >= 0.3 is 0 Å². The number of benzene rings is 1. The standard InChI is InChI=1S/C21H29N7/c1-3-22-21(25-19-7-6-14-28-20(19)24-16(2)26-28)23-15-17-8-10-18(11-9-17)27-12-4-5-13-27/h4-5,8-11,19H,3,6-7,12-15H2,1-2H3,(H2,22,23,25). The van der Waals surface area contributed by atoms with E-state index in [9.17, 15) is 0 Å². The maximum atomic E-state index is 4.80. The Morgan fingerprint density at radius 3 is 2.75 bits per heavy atom. The van der Waals surface area contributed by atoms with E-state index >= 15 is 0 Å². The third kappa shape index (κ3) is 4.18. The van der Waals surface area contributed by atoms with Gasteiger partial charge in [0, 0.05) is 31.9 Å². The number of hydrogen-bond acceptors (Lipinski definition) is 4. The second kappa shape index (κ2) is 8.46. The van der Waals surface area contributed by atoms with Crippen LogP contribution in [0.1, 0.15) is 43.0 Å². The van der Waals surface area contributed by atoms with Crippen molar-refractivity contribution in [3.63, 3.8) is 0 Å². The van der Waals surface area contributed by atoms with Crippen molar-refractivity contribution in [3.05, 3.63) is 53.6 Å². The molecule has 0 fully saturated rings. The zero-order valence-corrected chi connectivity index (χ0v) is 16.7. The fourth-order valence-corrected chi connectivity index (χ4v) is 3.76. The van der Waals surface area contributed by atoms with Crippen LogP contribution in [0, 0.1) is 6.92 Å². The predicted molar refractivity (Wildman–Crippen MR) is 112 cm³/mol. The van der Waals surface area contributed by atoms with Crippen molar-refractivity contribution in [3.8, 4) is 0 Å². The van der Waals surface area contributed by atoms with Gasteiger partial charge in [-0.25, -0.2) is 14.7 Å². The molecule has 1 unspecified atom stereocenters. The number of anilines is 1. The largest absolute Gasteiger partial charge is 0.364 e. The Kier molecular flexibility index (Phi) is 5.60. The normalized spacial score (nSPS) is 19.0. The lowest BCUT2D eigenvalue weighted by molar-refractivity contribution is 0.397. The average molecular weight is 380 g/mol. The maximum Gasteiger partial charge on any atom is 0.192 e. The molecule has 0 aliphatic carbocycles. The van der Waals surface area contributed by atoms with E-state index in [0.29, 0.717) is 6.54 Å². The molecule has 0 saturated carbocycles. The first-order valence-electron chi connectivity index (χ1n) is 10.2. The van der Waals surface area contributed by atoms with Crippen molar-refractivity contribution < 1.29 is 0 Å². The van der Waals surface area contributed by atoms with Crippen molar-refractivity contribution in [2.45, 2.75) is 45.8 Å². The quantitative estimate of drug-likeness (QED) is 0.475. The molecule has 0 amide bonds. The molecule has 1 aromatic carbocycles. The van der Waals surface area contributed by atoms with Gasteiger partial charge in [-0.2, -0.15) is 5.10 Å². The molecular weight excluding hydrogens is 350 g/mol. The number of nitrogens with zero attached hydrogens (tertiary/aromatic N) is 5.